The summed E-state index contributed by atoms with van der Waals surface area (Å²) in [6, 6.07) is 7.82. The van der Waals surface area contributed by atoms with Crippen LogP contribution in [0.5, 0.6) is 5.75 Å². The zero-order chi connectivity index (χ0) is 21.1. The number of carbonyl (C=O) groups is 1. The van der Waals surface area contributed by atoms with Gasteiger partial charge < -0.3 is 20.1 Å². The fourth-order valence-corrected chi connectivity index (χ4v) is 4.21. The third kappa shape index (κ3) is 4.39. The van der Waals surface area contributed by atoms with Crippen molar-refractivity contribution in [1.29, 1.82) is 0 Å². The van der Waals surface area contributed by atoms with Gasteiger partial charge in [-0.3, -0.25) is 9.69 Å². The Morgan fingerprint density at radius 2 is 2.13 bits per heavy atom. The average Bonchev–Trinajstić information content (AvgIpc) is 2.74. The molecule has 2 aromatic rings. The van der Waals surface area contributed by atoms with Crippen molar-refractivity contribution in [1.82, 2.24) is 14.9 Å². The molecular formula is C22H29N5O3. The largest absolute Gasteiger partial charge is 0.484 e. The molecule has 2 aliphatic rings. The molecule has 1 spiro atoms. The zero-order valence-corrected chi connectivity index (χ0v) is 17.6. The van der Waals surface area contributed by atoms with Crippen LogP contribution in [0.2, 0.25) is 0 Å². The van der Waals surface area contributed by atoms with Crippen LogP contribution in [0, 0.1) is 0 Å². The van der Waals surface area contributed by atoms with Crippen molar-refractivity contribution in [2.24, 2.45) is 5.73 Å². The Kier molecular flexibility index (Phi) is 5.87. The molecule has 0 radical (unpaired) electrons. The standard InChI is InChI=1S/C22H29N5O3/c1-26(2)21-24-13-17-6-11-30-22(20(17)25-21)7-9-27(10-8-22)14-16-4-3-5-18(12-16)29-15-19(23)28/h3-5,12-13H,6-11,14-15H2,1-2H3,(H2,23,28). The van der Waals surface area contributed by atoms with Crippen LogP contribution in [-0.4, -0.2) is 61.2 Å². The summed E-state index contributed by atoms with van der Waals surface area (Å²) in [7, 11) is 3.92. The van der Waals surface area contributed by atoms with Crippen molar-refractivity contribution in [3.8, 4) is 5.75 Å². The van der Waals surface area contributed by atoms with E-state index in [9.17, 15) is 4.79 Å². The molecule has 0 atom stereocenters. The lowest BCUT2D eigenvalue weighted by atomic mass is 9.83. The second kappa shape index (κ2) is 8.57. The van der Waals surface area contributed by atoms with Crippen molar-refractivity contribution in [3.63, 3.8) is 0 Å². The molecule has 2 aliphatic heterocycles. The molecular weight excluding hydrogens is 382 g/mol. The average molecular weight is 412 g/mol. The highest BCUT2D eigenvalue weighted by molar-refractivity contribution is 5.75. The van der Waals surface area contributed by atoms with Gasteiger partial charge in [-0.05, 0) is 42.5 Å². The van der Waals surface area contributed by atoms with Gasteiger partial charge in [0.25, 0.3) is 5.91 Å². The first kappa shape index (κ1) is 20.6. The SMILES string of the molecule is CN(C)c1ncc2c(n1)C1(CCN(Cc3cccc(OCC(N)=O)c3)CC1)OCC2. The molecule has 30 heavy (non-hydrogen) atoms. The molecule has 0 saturated carbocycles. The molecule has 160 valence electrons. The summed E-state index contributed by atoms with van der Waals surface area (Å²) >= 11 is 0. The van der Waals surface area contributed by atoms with Gasteiger partial charge in [0, 0.05) is 39.9 Å². The van der Waals surface area contributed by atoms with Crippen LogP contribution in [0.3, 0.4) is 0 Å². The molecule has 4 rings (SSSR count). The van der Waals surface area contributed by atoms with Gasteiger partial charge in [-0.25, -0.2) is 9.97 Å². The van der Waals surface area contributed by atoms with Crippen LogP contribution in [0.1, 0.15) is 29.7 Å². The number of rotatable bonds is 6. The number of aromatic nitrogens is 2. The zero-order valence-electron chi connectivity index (χ0n) is 17.6. The van der Waals surface area contributed by atoms with Crippen LogP contribution in [0.15, 0.2) is 30.5 Å². The van der Waals surface area contributed by atoms with Gasteiger partial charge in [0.1, 0.15) is 11.4 Å². The van der Waals surface area contributed by atoms with E-state index in [1.807, 2.05) is 43.4 Å². The summed E-state index contributed by atoms with van der Waals surface area (Å²) < 4.78 is 11.8. The molecule has 8 heteroatoms. The number of carbonyl (C=O) groups excluding carboxylic acids is 1. The second-order valence-corrected chi connectivity index (χ2v) is 8.21. The van der Waals surface area contributed by atoms with E-state index in [4.69, 9.17) is 20.2 Å². The van der Waals surface area contributed by atoms with Gasteiger partial charge in [-0.1, -0.05) is 12.1 Å². The summed E-state index contributed by atoms with van der Waals surface area (Å²) in [5.74, 6) is 0.918. The molecule has 8 nitrogen and oxygen atoms in total. The monoisotopic (exact) mass is 411 g/mol. The Morgan fingerprint density at radius 1 is 1.33 bits per heavy atom. The van der Waals surface area contributed by atoms with Gasteiger partial charge in [0.2, 0.25) is 5.95 Å². The maximum Gasteiger partial charge on any atom is 0.255 e. The fourth-order valence-electron chi connectivity index (χ4n) is 4.21. The minimum Gasteiger partial charge on any atom is -0.484 e. The smallest absolute Gasteiger partial charge is 0.255 e. The lowest BCUT2D eigenvalue weighted by Crippen LogP contribution is -2.47. The molecule has 0 aliphatic carbocycles. The van der Waals surface area contributed by atoms with Crippen LogP contribution in [-0.2, 0) is 28.1 Å². The molecule has 2 N–H and O–H groups in total. The second-order valence-electron chi connectivity index (χ2n) is 8.21. The number of nitrogens with two attached hydrogens (primary N) is 1. The summed E-state index contributed by atoms with van der Waals surface area (Å²) in [6.45, 7) is 3.28. The van der Waals surface area contributed by atoms with Crippen molar-refractivity contribution in [2.75, 3.05) is 45.3 Å². The number of likely N-dealkylation sites (tertiary alicyclic amines) is 1. The maximum absolute atomic E-state index is 10.9. The predicted molar refractivity (Wildman–Crippen MR) is 113 cm³/mol. The van der Waals surface area contributed by atoms with Crippen LogP contribution in [0.25, 0.3) is 0 Å². The number of ether oxygens (including phenoxy) is 2. The van der Waals surface area contributed by atoms with Crippen molar-refractivity contribution in [2.45, 2.75) is 31.4 Å². The Bertz CT molecular complexity index is 909. The topological polar surface area (TPSA) is 93.8 Å². The Labute approximate surface area is 177 Å². The Morgan fingerprint density at radius 3 is 2.87 bits per heavy atom. The number of nitrogens with zero attached hydrogens (tertiary/aromatic N) is 4. The highest BCUT2D eigenvalue weighted by Crippen LogP contribution is 2.41. The first-order valence-electron chi connectivity index (χ1n) is 10.4. The van der Waals surface area contributed by atoms with E-state index in [2.05, 4.69) is 16.0 Å². The van der Waals surface area contributed by atoms with Gasteiger partial charge in [0.05, 0.1) is 12.3 Å². The summed E-state index contributed by atoms with van der Waals surface area (Å²) in [4.78, 5) is 24.6. The molecule has 0 unspecified atom stereocenters. The highest BCUT2D eigenvalue weighted by atomic mass is 16.5. The summed E-state index contributed by atoms with van der Waals surface area (Å²) in [6.07, 6.45) is 4.64. The first-order chi connectivity index (χ1) is 14.4. The van der Waals surface area contributed by atoms with Crippen molar-refractivity contribution < 1.29 is 14.3 Å². The number of hydrogen-bond acceptors (Lipinski definition) is 7. The highest BCUT2D eigenvalue weighted by Gasteiger charge is 2.42. The van der Waals surface area contributed by atoms with Gasteiger partial charge in [-0.15, -0.1) is 0 Å². The molecule has 1 saturated heterocycles. The summed E-state index contributed by atoms with van der Waals surface area (Å²) in [5, 5.41) is 0. The van der Waals surface area contributed by atoms with Crippen molar-refractivity contribution >= 4 is 11.9 Å². The number of anilines is 1. The van der Waals surface area contributed by atoms with E-state index in [1.54, 1.807) is 0 Å². The Balaban J connectivity index is 1.43. The fraction of sp³-hybridized carbons (Fsp3) is 0.500. The van der Waals surface area contributed by atoms with Crippen LogP contribution >= 0.6 is 0 Å². The number of benzene rings is 1. The van der Waals surface area contributed by atoms with Gasteiger partial charge in [0.15, 0.2) is 6.61 Å². The molecule has 0 bridgehead atoms. The third-order valence-corrected chi connectivity index (χ3v) is 5.78. The molecule has 3 heterocycles. The Hall–Kier alpha value is -2.71. The quantitative estimate of drug-likeness (QED) is 0.769. The van der Waals surface area contributed by atoms with E-state index in [0.29, 0.717) is 5.75 Å². The van der Waals surface area contributed by atoms with E-state index in [-0.39, 0.29) is 12.2 Å². The number of hydrogen-bond donors (Lipinski definition) is 1. The maximum atomic E-state index is 10.9. The molecule has 1 amide bonds. The third-order valence-electron chi connectivity index (χ3n) is 5.78. The number of primary amides is 1. The van der Waals surface area contributed by atoms with E-state index >= 15 is 0 Å². The lowest BCUT2D eigenvalue weighted by Gasteiger charge is -2.44. The number of fused-ring (bicyclic) bond motifs is 2. The first-order valence-corrected chi connectivity index (χ1v) is 10.4. The van der Waals surface area contributed by atoms with Gasteiger partial charge >= 0.3 is 0 Å². The minimum absolute atomic E-state index is 0.108. The predicted octanol–water partition coefficient (Wildman–Crippen LogP) is 1.47. The minimum atomic E-state index is -0.476. The van der Waals surface area contributed by atoms with E-state index in [1.165, 1.54) is 5.56 Å². The molecule has 1 aromatic heterocycles. The lowest BCUT2D eigenvalue weighted by molar-refractivity contribution is -0.119. The normalized spacial score (nSPS) is 18.1. The summed E-state index contributed by atoms with van der Waals surface area (Å²) in [5.41, 5.74) is 8.26. The van der Waals surface area contributed by atoms with Gasteiger partial charge in [-0.2, -0.15) is 0 Å². The van der Waals surface area contributed by atoms with E-state index in [0.717, 1.165) is 62.7 Å². The number of amides is 1. The van der Waals surface area contributed by atoms with Crippen LogP contribution < -0.4 is 15.4 Å². The van der Waals surface area contributed by atoms with Crippen LogP contribution in [0.4, 0.5) is 5.95 Å². The van der Waals surface area contributed by atoms with E-state index < -0.39 is 5.91 Å². The molecule has 1 aromatic carbocycles. The van der Waals surface area contributed by atoms with Crippen molar-refractivity contribution in [3.05, 3.63) is 47.3 Å². The molecule has 1 fully saturated rings. The number of piperidine rings is 1.